The molecule has 1 atom stereocenters. The fourth-order valence-electron chi connectivity index (χ4n) is 3.24. The first-order valence-corrected chi connectivity index (χ1v) is 8.54. The molecule has 1 amide bonds. The zero-order chi connectivity index (χ0) is 18.0. The summed E-state index contributed by atoms with van der Waals surface area (Å²) < 4.78 is 14.4. The maximum atomic E-state index is 14.4. The molecule has 2 aromatic rings. The summed E-state index contributed by atoms with van der Waals surface area (Å²) in [5.41, 5.74) is 3.88. The van der Waals surface area contributed by atoms with Crippen molar-refractivity contribution < 1.29 is 9.18 Å². The van der Waals surface area contributed by atoms with E-state index in [9.17, 15) is 9.18 Å². The van der Waals surface area contributed by atoms with Crippen LogP contribution in [0.5, 0.6) is 0 Å². The summed E-state index contributed by atoms with van der Waals surface area (Å²) in [5, 5.41) is 2.86. The van der Waals surface area contributed by atoms with Crippen LogP contribution in [-0.4, -0.2) is 25.2 Å². The lowest BCUT2D eigenvalue weighted by Gasteiger charge is -2.21. The minimum atomic E-state index is -0.443. The lowest BCUT2D eigenvalue weighted by Crippen LogP contribution is -2.22. The first-order valence-electron chi connectivity index (χ1n) is 8.54. The van der Waals surface area contributed by atoms with Gasteiger partial charge in [0, 0.05) is 31.1 Å². The second-order valence-corrected chi connectivity index (χ2v) is 6.09. The highest BCUT2D eigenvalue weighted by Gasteiger charge is 2.30. The van der Waals surface area contributed by atoms with Crippen LogP contribution in [0.15, 0.2) is 41.4 Å². The standard InChI is InChI=1S/C20H22FN3O/c1-4-24(5-2)18-10-9-14(11-16(18)21)22-12-15-19-13(3)7-6-8-17(19)23-20(15)25/h6-12,15H,4-5H2,1-3H3,(H,23,25). The van der Waals surface area contributed by atoms with Crippen LogP contribution in [-0.2, 0) is 4.79 Å². The molecule has 0 radical (unpaired) electrons. The molecule has 1 N–H and O–H groups in total. The Balaban J connectivity index is 1.86. The van der Waals surface area contributed by atoms with Crippen LogP contribution >= 0.6 is 0 Å². The highest BCUT2D eigenvalue weighted by Crippen LogP contribution is 2.34. The number of aryl methyl sites for hydroxylation is 1. The molecule has 25 heavy (non-hydrogen) atoms. The number of anilines is 2. The number of nitrogens with one attached hydrogen (secondary N) is 1. The first-order chi connectivity index (χ1) is 12.0. The number of fused-ring (bicyclic) bond motifs is 1. The number of carbonyl (C=O) groups excluding carboxylic acids is 1. The molecule has 0 saturated heterocycles. The van der Waals surface area contributed by atoms with E-state index in [1.54, 1.807) is 18.3 Å². The third-order valence-electron chi connectivity index (χ3n) is 4.58. The van der Waals surface area contributed by atoms with Crippen LogP contribution in [0.2, 0.25) is 0 Å². The van der Waals surface area contributed by atoms with Crippen molar-refractivity contribution in [3.63, 3.8) is 0 Å². The van der Waals surface area contributed by atoms with Gasteiger partial charge in [0.25, 0.3) is 0 Å². The van der Waals surface area contributed by atoms with Crippen LogP contribution < -0.4 is 10.2 Å². The molecular formula is C20H22FN3O. The van der Waals surface area contributed by atoms with Crippen molar-refractivity contribution in [3.8, 4) is 0 Å². The van der Waals surface area contributed by atoms with Crippen molar-refractivity contribution >= 4 is 29.2 Å². The number of hydrogen-bond acceptors (Lipinski definition) is 3. The second-order valence-electron chi connectivity index (χ2n) is 6.09. The molecule has 1 unspecified atom stereocenters. The van der Waals surface area contributed by atoms with Crippen LogP contribution in [0.25, 0.3) is 0 Å². The maximum Gasteiger partial charge on any atom is 0.237 e. The minimum Gasteiger partial charge on any atom is -0.370 e. The van der Waals surface area contributed by atoms with Crippen LogP contribution in [0, 0.1) is 12.7 Å². The molecule has 5 heteroatoms. The molecule has 1 aliphatic heterocycles. The quantitative estimate of drug-likeness (QED) is 0.820. The Morgan fingerprint density at radius 2 is 2.00 bits per heavy atom. The van der Waals surface area contributed by atoms with E-state index in [0.717, 1.165) is 29.9 Å². The van der Waals surface area contributed by atoms with Crippen molar-refractivity contribution in [1.29, 1.82) is 0 Å². The average molecular weight is 339 g/mol. The smallest absolute Gasteiger partial charge is 0.237 e. The summed E-state index contributed by atoms with van der Waals surface area (Å²) in [6.45, 7) is 7.45. The van der Waals surface area contributed by atoms with E-state index in [-0.39, 0.29) is 11.7 Å². The molecular weight excluding hydrogens is 317 g/mol. The molecule has 4 nitrogen and oxygen atoms in total. The highest BCUT2D eigenvalue weighted by molar-refractivity contribution is 6.13. The number of benzene rings is 2. The van der Waals surface area contributed by atoms with Crippen molar-refractivity contribution in [2.75, 3.05) is 23.3 Å². The van der Waals surface area contributed by atoms with Gasteiger partial charge in [-0.05, 0) is 50.1 Å². The molecule has 0 bridgehead atoms. The third kappa shape index (κ3) is 3.27. The Labute approximate surface area is 147 Å². The van der Waals surface area contributed by atoms with E-state index in [2.05, 4.69) is 10.3 Å². The van der Waals surface area contributed by atoms with E-state index in [1.165, 1.54) is 6.07 Å². The van der Waals surface area contributed by atoms with Crippen molar-refractivity contribution in [2.24, 2.45) is 4.99 Å². The van der Waals surface area contributed by atoms with Gasteiger partial charge in [-0.1, -0.05) is 12.1 Å². The largest absolute Gasteiger partial charge is 0.370 e. The normalized spacial score (nSPS) is 16.2. The Morgan fingerprint density at radius 1 is 1.24 bits per heavy atom. The number of halogens is 1. The van der Waals surface area contributed by atoms with Gasteiger partial charge in [0.15, 0.2) is 0 Å². The van der Waals surface area contributed by atoms with Crippen LogP contribution in [0.4, 0.5) is 21.5 Å². The van der Waals surface area contributed by atoms with Gasteiger partial charge in [-0.2, -0.15) is 0 Å². The number of hydrogen-bond donors (Lipinski definition) is 1. The van der Waals surface area contributed by atoms with Crippen molar-refractivity contribution in [1.82, 2.24) is 0 Å². The third-order valence-corrected chi connectivity index (χ3v) is 4.58. The van der Waals surface area contributed by atoms with Gasteiger partial charge in [0.05, 0.1) is 11.4 Å². The SMILES string of the molecule is CCN(CC)c1ccc(N=CC2C(=O)Nc3cccc(C)c32)cc1F. The number of aliphatic imine (C=N–C) groups is 1. The number of carbonyl (C=O) groups is 1. The Morgan fingerprint density at radius 3 is 2.68 bits per heavy atom. The van der Waals surface area contributed by atoms with Gasteiger partial charge < -0.3 is 10.2 Å². The fraction of sp³-hybridized carbons (Fsp3) is 0.300. The molecule has 1 aliphatic rings. The minimum absolute atomic E-state index is 0.103. The summed E-state index contributed by atoms with van der Waals surface area (Å²) in [6.07, 6.45) is 1.60. The summed E-state index contributed by atoms with van der Waals surface area (Å²) in [6, 6.07) is 10.7. The van der Waals surface area contributed by atoms with E-state index < -0.39 is 5.92 Å². The molecule has 130 valence electrons. The van der Waals surface area contributed by atoms with Gasteiger partial charge in [0.2, 0.25) is 5.91 Å². The predicted molar refractivity (Wildman–Crippen MR) is 101 cm³/mol. The van der Waals surface area contributed by atoms with Gasteiger partial charge in [0.1, 0.15) is 11.7 Å². The summed E-state index contributed by atoms with van der Waals surface area (Å²) >= 11 is 0. The van der Waals surface area contributed by atoms with Crippen molar-refractivity contribution in [3.05, 3.63) is 53.3 Å². The van der Waals surface area contributed by atoms with Crippen LogP contribution in [0.1, 0.15) is 30.9 Å². The Kier molecular flexibility index (Phi) is 4.83. The van der Waals surface area contributed by atoms with Gasteiger partial charge in [-0.3, -0.25) is 9.79 Å². The summed E-state index contributed by atoms with van der Waals surface area (Å²) in [5.74, 6) is -0.846. The summed E-state index contributed by atoms with van der Waals surface area (Å²) in [7, 11) is 0. The highest BCUT2D eigenvalue weighted by atomic mass is 19.1. The zero-order valence-electron chi connectivity index (χ0n) is 14.7. The van der Waals surface area contributed by atoms with Crippen molar-refractivity contribution in [2.45, 2.75) is 26.7 Å². The van der Waals surface area contributed by atoms with Gasteiger partial charge in [-0.25, -0.2) is 4.39 Å². The molecule has 0 aliphatic carbocycles. The van der Waals surface area contributed by atoms with E-state index in [4.69, 9.17) is 0 Å². The van der Waals surface area contributed by atoms with Gasteiger partial charge in [-0.15, -0.1) is 0 Å². The van der Waals surface area contributed by atoms with E-state index in [1.807, 2.05) is 43.9 Å². The van der Waals surface area contributed by atoms with Crippen LogP contribution in [0.3, 0.4) is 0 Å². The molecule has 3 rings (SSSR count). The Hall–Kier alpha value is -2.69. The van der Waals surface area contributed by atoms with E-state index in [0.29, 0.717) is 11.4 Å². The maximum absolute atomic E-state index is 14.4. The fourth-order valence-corrected chi connectivity index (χ4v) is 3.24. The van der Waals surface area contributed by atoms with E-state index >= 15 is 0 Å². The lowest BCUT2D eigenvalue weighted by molar-refractivity contribution is -0.115. The first kappa shape index (κ1) is 17.1. The topological polar surface area (TPSA) is 44.7 Å². The number of nitrogens with zero attached hydrogens (tertiary/aromatic N) is 2. The second kappa shape index (κ2) is 7.05. The predicted octanol–water partition coefficient (Wildman–Crippen LogP) is 4.42. The zero-order valence-corrected chi connectivity index (χ0v) is 14.7. The summed E-state index contributed by atoms with van der Waals surface area (Å²) in [4.78, 5) is 18.5. The van der Waals surface area contributed by atoms with Gasteiger partial charge >= 0.3 is 0 Å². The molecule has 0 spiro atoms. The molecule has 0 fully saturated rings. The average Bonchev–Trinajstić information content (AvgIpc) is 2.92. The molecule has 1 heterocycles. The lowest BCUT2D eigenvalue weighted by atomic mass is 9.97. The monoisotopic (exact) mass is 339 g/mol. The Bertz CT molecular complexity index is 828. The molecule has 0 aromatic heterocycles. The number of amides is 1. The number of rotatable bonds is 5. The molecule has 2 aromatic carbocycles. The molecule has 0 saturated carbocycles.